The zero-order valence-electron chi connectivity index (χ0n) is 9.13. The molecule has 0 spiro atoms. The number of carbonyl (C=O) groups is 1. The SMILES string of the molecule is CC(C)(C)OC(=O)CNCC1CC1.Cl. The molecule has 1 fully saturated rings. The molecule has 0 aromatic carbocycles. The molecule has 1 saturated carbocycles. The fourth-order valence-corrected chi connectivity index (χ4v) is 1.08. The van der Waals surface area contributed by atoms with Crippen LogP contribution in [0.1, 0.15) is 33.6 Å². The summed E-state index contributed by atoms with van der Waals surface area (Å²) in [6, 6.07) is 0. The number of halogens is 1. The molecule has 0 saturated heterocycles. The van der Waals surface area contributed by atoms with Crippen LogP contribution in [0.4, 0.5) is 0 Å². The smallest absolute Gasteiger partial charge is 0.320 e. The fourth-order valence-electron chi connectivity index (χ4n) is 1.08. The molecule has 1 aliphatic rings. The van der Waals surface area contributed by atoms with Gasteiger partial charge < -0.3 is 10.1 Å². The molecule has 84 valence electrons. The first kappa shape index (κ1) is 13.7. The van der Waals surface area contributed by atoms with E-state index in [-0.39, 0.29) is 24.0 Å². The summed E-state index contributed by atoms with van der Waals surface area (Å²) in [5.41, 5.74) is -0.363. The van der Waals surface area contributed by atoms with Gasteiger partial charge in [0.05, 0.1) is 6.54 Å². The molecule has 3 nitrogen and oxygen atoms in total. The number of ether oxygens (including phenoxy) is 1. The first-order valence-corrected chi connectivity index (χ1v) is 4.90. The monoisotopic (exact) mass is 221 g/mol. The first-order valence-electron chi connectivity index (χ1n) is 4.90. The van der Waals surface area contributed by atoms with Crippen molar-refractivity contribution in [2.75, 3.05) is 13.1 Å². The normalized spacial score (nSPS) is 15.9. The highest BCUT2D eigenvalue weighted by molar-refractivity contribution is 5.85. The van der Waals surface area contributed by atoms with E-state index >= 15 is 0 Å². The van der Waals surface area contributed by atoms with Crippen LogP contribution in [0.5, 0.6) is 0 Å². The maximum atomic E-state index is 11.2. The Balaban J connectivity index is 0.00000169. The van der Waals surface area contributed by atoms with Gasteiger partial charge in [-0.2, -0.15) is 0 Å². The number of carbonyl (C=O) groups excluding carboxylic acids is 1. The molecule has 1 aliphatic carbocycles. The van der Waals surface area contributed by atoms with Gasteiger partial charge in [0.1, 0.15) is 5.60 Å². The third-order valence-electron chi connectivity index (χ3n) is 1.82. The van der Waals surface area contributed by atoms with Crippen molar-refractivity contribution in [2.24, 2.45) is 5.92 Å². The average Bonchev–Trinajstić information content (AvgIpc) is 2.66. The van der Waals surface area contributed by atoms with Crippen molar-refractivity contribution in [2.45, 2.75) is 39.2 Å². The van der Waals surface area contributed by atoms with Crippen molar-refractivity contribution < 1.29 is 9.53 Å². The van der Waals surface area contributed by atoms with Gasteiger partial charge in [0.25, 0.3) is 0 Å². The van der Waals surface area contributed by atoms with Crippen LogP contribution in [0.2, 0.25) is 0 Å². The highest BCUT2D eigenvalue weighted by Crippen LogP contribution is 2.27. The predicted molar refractivity (Wildman–Crippen MR) is 58.7 cm³/mol. The number of rotatable bonds is 4. The molecule has 0 aliphatic heterocycles. The summed E-state index contributed by atoms with van der Waals surface area (Å²) >= 11 is 0. The second-order valence-electron chi connectivity index (χ2n) is 4.66. The largest absolute Gasteiger partial charge is 0.459 e. The minimum absolute atomic E-state index is 0. The molecular weight excluding hydrogens is 202 g/mol. The van der Waals surface area contributed by atoms with Crippen molar-refractivity contribution in [3.05, 3.63) is 0 Å². The Morgan fingerprint density at radius 3 is 2.43 bits per heavy atom. The highest BCUT2D eigenvalue weighted by atomic mass is 35.5. The van der Waals surface area contributed by atoms with E-state index in [0.29, 0.717) is 6.54 Å². The van der Waals surface area contributed by atoms with Crippen molar-refractivity contribution in [1.29, 1.82) is 0 Å². The third-order valence-corrected chi connectivity index (χ3v) is 1.82. The topological polar surface area (TPSA) is 38.3 Å². The summed E-state index contributed by atoms with van der Waals surface area (Å²) in [4.78, 5) is 11.2. The molecule has 1 N–H and O–H groups in total. The molecule has 0 unspecified atom stereocenters. The van der Waals surface area contributed by atoms with Crippen LogP contribution < -0.4 is 5.32 Å². The number of nitrogens with one attached hydrogen (secondary N) is 1. The summed E-state index contributed by atoms with van der Waals surface area (Å²) in [5, 5.41) is 3.10. The van der Waals surface area contributed by atoms with E-state index in [0.717, 1.165) is 12.5 Å². The highest BCUT2D eigenvalue weighted by Gasteiger charge is 2.21. The Labute approximate surface area is 92.0 Å². The van der Waals surface area contributed by atoms with Crippen LogP contribution in [-0.4, -0.2) is 24.7 Å². The van der Waals surface area contributed by atoms with Gasteiger partial charge in [0.2, 0.25) is 0 Å². The molecular formula is C10H20ClNO2. The summed E-state index contributed by atoms with van der Waals surface area (Å²) in [6.07, 6.45) is 2.61. The second kappa shape index (κ2) is 5.56. The summed E-state index contributed by atoms with van der Waals surface area (Å²) in [5.74, 6) is 0.649. The molecule has 0 heterocycles. The van der Waals surface area contributed by atoms with Gasteiger partial charge in [-0.25, -0.2) is 0 Å². The van der Waals surface area contributed by atoms with Crippen molar-refractivity contribution in [3.63, 3.8) is 0 Å². The Morgan fingerprint density at radius 2 is 2.00 bits per heavy atom. The Kier molecular flexibility index (Phi) is 5.45. The number of esters is 1. The van der Waals surface area contributed by atoms with Crippen LogP contribution in [-0.2, 0) is 9.53 Å². The fraction of sp³-hybridized carbons (Fsp3) is 0.900. The van der Waals surface area contributed by atoms with Gasteiger partial charge in [-0.05, 0) is 46.1 Å². The van der Waals surface area contributed by atoms with Crippen molar-refractivity contribution in [1.82, 2.24) is 5.32 Å². The van der Waals surface area contributed by atoms with E-state index in [1.165, 1.54) is 12.8 Å². The minimum atomic E-state index is -0.363. The Hall–Kier alpha value is -0.280. The van der Waals surface area contributed by atoms with Crippen LogP contribution in [0, 0.1) is 5.92 Å². The van der Waals surface area contributed by atoms with Gasteiger partial charge in [-0.1, -0.05) is 0 Å². The van der Waals surface area contributed by atoms with Crippen molar-refractivity contribution in [3.8, 4) is 0 Å². The molecule has 0 atom stereocenters. The molecule has 1 rings (SSSR count). The summed E-state index contributed by atoms with van der Waals surface area (Å²) in [7, 11) is 0. The Bertz CT molecular complexity index is 185. The Morgan fingerprint density at radius 1 is 1.43 bits per heavy atom. The van der Waals surface area contributed by atoms with E-state index in [2.05, 4.69) is 5.32 Å². The maximum absolute atomic E-state index is 11.2. The van der Waals surface area contributed by atoms with Crippen LogP contribution in [0.25, 0.3) is 0 Å². The number of hydrogen-bond donors (Lipinski definition) is 1. The minimum Gasteiger partial charge on any atom is -0.459 e. The average molecular weight is 222 g/mol. The molecule has 0 aromatic rings. The van der Waals surface area contributed by atoms with Gasteiger partial charge >= 0.3 is 5.97 Å². The van der Waals surface area contributed by atoms with E-state index in [9.17, 15) is 4.79 Å². The van der Waals surface area contributed by atoms with E-state index in [1.54, 1.807) is 0 Å². The molecule has 4 heteroatoms. The molecule has 0 aromatic heterocycles. The van der Waals surface area contributed by atoms with Crippen LogP contribution in [0.15, 0.2) is 0 Å². The van der Waals surface area contributed by atoms with E-state index in [4.69, 9.17) is 4.74 Å². The quantitative estimate of drug-likeness (QED) is 0.736. The van der Waals surface area contributed by atoms with Crippen LogP contribution >= 0.6 is 12.4 Å². The van der Waals surface area contributed by atoms with Crippen LogP contribution in [0.3, 0.4) is 0 Å². The lowest BCUT2D eigenvalue weighted by Crippen LogP contribution is -2.32. The van der Waals surface area contributed by atoms with Crippen molar-refractivity contribution >= 4 is 18.4 Å². The lowest BCUT2D eigenvalue weighted by atomic mass is 10.2. The van der Waals surface area contributed by atoms with E-state index < -0.39 is 0 Å². The van der Waals surface area contributed by atoms with E-state index in [1.807, 2.05) is 20.8 Å². The maximum Gasteiger partial charge on any atom is 0.320 e. The molecule has 0 bridgehead atoms. The third kappa shape index (κ3) is 7.15. The standard InChI is InChI=1S/C10H19NO2.ClH/c1-10(2,3)13-9(12)7-11-6-8-4-5-8;/h8,11H,4-7H2,1-3H3;1H. The lowest BCUT2D eigenvalue weighted by Gasteiger charge is -2.19. The van der Waals surface area contributed by atoms with Gasteiger partial charge in [0, 0.05) is 0 Å². The van der Waals surface area contributed by atoms with Gasteiger partial charge in [0.15, 0.2) is 0 Å². The summed E-state index contributed by atoms with van der Waals surface area (Å²) < 4.78 is 5.14. The summed E-state index contributed by atoms with van der Waals surface area (Å²) in [6.45, 7) is 6.94. The van der Waals surface area contributed by atoms with Gasteiger partial charge in [-0.15, -0.1) is 12.4 Å². The molecule has 14 heavy (non-hydrogen) atoms. The molecule has 0 radical (unpaired) electrons. The van der Waals surface area contributed by atoms with Gasteiger partial charge in [-0.3, -0.25) is 4.79 Å². The zero-order chi connectivity index (χ0) is 9.90. The second-order valence-corrected chi connectivity index (χ2v) is 4.66. The first-order chi connectivity index (χ1) is 5.97. The lowest BCUT2D eigenvalue weighted by molar-refractivity contribution is -0.153. The predicted octanol–water partition coefficient (Wildman–Crippen LogP) is 1.75. The number of hydrogen-bond acceptors (Lipinski definition) is 3. The zero-order valence-corrected chi connectivity index (χ0v) is 9.95. The molecule has 0 amide bonds.